The number of sulfonamides is 1. The minimum atomic E-state index is -3.30. The van der Waals surface area contributed by atoms with Gasteiger partial charge in [0.25, 0.3) is 0 Å². The average molecular weight is 401 g/mol. The van der Waals surface area contributed by atoms with E-state index in [4.69, 9.17) is 0 Å². The van der Waals surface area contributed by atoms with Crippen LogP contribution in [-0.2, 0) is 14.8 Å². The van der Waals surface area contributed by atoms with Crippen molar-refractivity contribution in [3.63, 3.8) is 0 Å². The molecule has 1 aromatic carbocycles. The molecule has 0 unspecified atom stereocenters. The number of aromatic nitrogens is 1. The molecule has 2 aromatic rings. The Balaban J connectivity index is 1.54. The van der Waals surface area contributed by atoms with Crippen LogP contribution in [0, 0.1) is 0 Å². The maximum absolute atomic E-state index is 12.1. The summed E-state index contributed by atoms with van der Waals surface area (Å²) in [7, 11) is -3.30. The first kappa shape index (κ1) is 19.9. The van der Waals surface area contributed by atoms with Gasteiger partial charge in [-0.1, -0.05) is 12.1 Å². The van der Waals surface area contributed by atoms with Gasteiger partial charge in [0.2, 0.25) is 15.9 Å². The van der Waals surface area contributed by atoms with Gasteiger partial charge in [-0.05, 0) is 55.2 Å². The lowest BCUT2D eigenvalue weighted by Crippen LogP contribution is -2.30. The normalized spacial score (nSPS) is 14.8. The molecule has 1 saturated heterocycles. The van der Waals surface area contributed by atoms with Gasteiger partial charge in [0.1, 0.15) is 5.82 Å². The van der Waals surface area contributed by atoms with Crippen molar-refractivity contribution in [3.8, 4) is 0 Å². The van der Waals surface area contributed by atoms with E-state index >= 15 is 0 Å². The third-order valence-corrected chi connectivity index (χ3v) is 4.94. The summed E-state index contributed by atoms with van der Waals surface area (Å²) in [5.41, 5.74) is 1.90. The van der Waals surface area contributed by atoms with E-state index in [-0.39, 0.29) is 5.91 Å². The number of amides is 1. The maximum Gasteiger partial charge on any atom is 0.248 e. The number of anilines is 3. The molecule has 1 aliphatic heterocycles. The van der Waals surface area contributed by atoms with Crippen molar-refractivity contribution >= 4 is 39.2 Å². The Kier molecular flexibility index (Phi) is 6.30. The Morgan fingerprint density at radius 3 is 2.32 bits per heavy atom. The zero-order valence-electron chi connectivity index (χ0n) is 15.8. The van der Waals surface area contributed by atoms with E-state index in [1.807, 2.05) is 12.1 Å². The third kappa shape index (κ3) is 6.09. The second-order valence-electron chi connectivity index (χ2n) is 6.77. The zero-order valence-corrected chi connectivity index (χ0v) is 16.6. The Hall–Kier alpha value is -2.87. The number of carbonyl (C=O) groups excluding carboxylic acids is 1. The van der Waals surface area contributed by atoms with Gasteiger partial charge in [0.15, 0.2) is 0 Å². The van der Waals surface area contributed by atoms with Crippen molar-refractivity contribution in [3.05, 3.63) is 54.2 Å². The highest BCUT2D eigenvalue weighted by Crippen LogP contribution is 2.19. The second-order valence-corrected chi connectivity index (χ2v) is 8.52. The topological polar surface area (TPSA) is 91.4 Å². The summed E-state index contributed by atoms with van der Waals surface area (Å²) in [6.45, 7) is 2.06. The number of nitrogens with zero attached hydrogens (tertiary/aromatic N) is 2. The number of piperidine rings is 1. The summed E-state index contributed by atoms with van der Waals surface area (Å²) in [4.78, 5) is 18.8. The van der Waals surface area contributed by atoms with Crippen LogP contribution < -0.4 is 14.9 Å². The van der Waals surface area contributed by atoms with E-state index in [9.17, 15) is 13.2 Å². The molecule has 0 radical (unpaired) electrons. The number of rotatable bonds is 6. The number of nitrogens with one attached hydrogen (secondary N) is 2. The quantitative estimate of drug-likeness (QED) is 0.727. The van der Waals surface area contributed by atoms with Crippen LogP contribution in [0.2, 0.25) is 0 Å². The van der Waals surface area contributed by atoms with Crippen LogP contribution in [0.3, 0.4) is 0 Å². The summed E-state index contributed by atoms with van der Waals surface area (Å²) >= 11 is 0. The summed E-state index contributed by atoms with van der Waals surface area (Å²) in [6, 6.07) is 10.5. The lowest BCUT2D eigenvalue weighted by Gasteiger charge is -2.27. The van der Waals surface area contributed by atoms with Gasteiger partial charge in [-0.15, -0.1) is 0 Å². The minimum absolute atomic E-state index is 0.258. The fourth-order valence-corrected chi connectivity index (χ4v) is 3.57. The van der Waals surface area contributed by atoms with Crippen LogP contribution in [-0.4, -0.2) is 38.7 Å². The molecule has 28 heavy (non-hydrogen) atoms. The zero-order chi connectivity index (χ0) is 20.0. The first-order valence-electron chi connectivity index (χ1n) is 9.17. The van der Waals surface area contributed by atoms with Gasteiger partial charge < -0.3 is 10.2 Å². The van der Waals surface area contributed by atoms with Gasteiger partial charge in [-0.2, -0.15) is 0 Å². The smallest absolute Gasteiger partial charge is 0.248 e. The monoisotopic (exact) mass is 400 g/mol. The molecule has 0 spiro atoms. The molecular formula is C20H24N4O3S. The molecular weight excluding hydrogens is 376 g/mol. The third-order valence-electron chi connectivity index (χ3n) is 4.34. The largest absolute Gasteiger partial charge is 0.357 e. The minimum Gasteiger partial charge on any atom is -0.357 e. The molecule has 1 aliphatic rings. The van der Waals surface area contributed by atoms with E-state index in [1.165, 1.54) is 25.3 Å². The van der Waals surface area contributed by atoms with E-state index < -0.39 is 10.0 Å². The van der Waals surface area contributed by atoms with Crippen molar-refractivity contribution in [2.45, 2.75) is 19.3 Å². The van der Waals surface area contributed by atoms with Crippen molar-refractivity contribution in [2.75, 3.05) is 34.3 Å². The van der Waals surface area contributed by atoms with Gasteiger partial charge in [-0.3, -0.25) is 9.52 Å². The Bertz CT molecular complexity index is 932. The Morgan fingerprint density at radius 1 is 1.04 bits per heavy atom. The van der Waals surface area contributed by atoms with Crippen molar-refractivity contribution < 1.29 is 13.2 Å². The lowest BCUT2D eigenvalue weighted by atomic mass is 10.1. The summed E-state index contributed by atoms with van der Waals surface area (Å²) < 4.78 is 24.8. The number of carbonyl (C=O) groups is 1. The molecule has 1 aromatic heterocycles. The van der Waals surface area contributed by atoms with Crippen molar-refractivity contribution in [1.29, 1.82) is 0 Å². The van der Waals surface area contributed by atoms with Crippen LogP contribution in [0.4, 0.5) is 17.2 Å². The lowest BCUT2D eigenvalue weighted by molar-refractivity contribution is -0.111. The number of hydrogen-bond donors (Lipinski definition) is 2. The summed E-state index contributed by atoms with van der Waals surface area (Å²) in [5, 5.41) is 2.79. The molecule has 1 fully saturated rings. The highest BCUT2D eigenvalue weighted by atomic mass is 32.2. The Labute approximate surface area is 165 Å². The van der Waals surface area contributed by atoms with E-state index in [0.717, 1.165) is 30.7 Å². The summed E-state index contributed by atoms with van der Waals surface area (Å²) in [5.74, 6) is 0.682. The molecule has 3 rings (SSSR count). The average Bonchev–Trinajstić information content (AvgIpc) is 2.68. The molecule has 148 valence electrons. The second kappa shape index (κ2) is 8.88. The van der Waals surface area contributed by atoms with Crippen LogP contribution in [0.5, 0.6) is 0 Å². The van der Waals surface area contributed by atoms with Gasteiger partial charge in [0.05, 0.1) is 18.1 Å². The highest BCUT2D eigenvalue weighted by molar-refractivity contribution is 7.92. The van der Waals surface area contributed by atoms with E-state index in [2.05, 4.69) is 19.9 Å². The molecule has 2 heterocycles. The molecule has 0 atom stereocenters. The predicted molar refractivity (Wildman–Crippen MR) is 113 cm³/mol. The summed E-state index contributed by atoms with van der Waals surface area (Å²) in [6.07, 6.45) is 9.51. The molecule has 1 amide bonds. The number of benzene rings is 1. The highest BCUT2D eigenvalue weighted by Gasteiger charge is 2.11. The van der Waals surface area contributed by atoms with Crippen LogP contribution in [0.25, 0.3) is 6.08 Å². The molecule has 0 saturated carbocycles. The Morgan fingerprint density at radius 2 is 1.71 bits per heavy atom. The van der Waals surface area contributed by atoms with Gasteiger partial charge in [-0.25, -0.2) is 13.4 Å². The molecule has 7 nitrogen and oxygen atoms in total. The fourth-order valence-electron chi connectivity index (χ4n) is 3.00. The standard InChI is InChI=1S/C20H24N4O3S/c1-28(26,27)23-17-8-5-16(6-9-17)7-12-20(25)22-18-10-11-19(21-15-18)24-13-3-2-4-14-24/h5-12,15,23H,2-4,13-14H2,1H3,(H,22,25)/b12-7+. The maximum atomic E-state index is 12.1. The van der Waals surface area contributed by atoms with Crippen LogP contribution >= 0.6 is 0 Å². The molecule has 2 N–H and O–H groups in total. The van der Waals surface area contributed by atoms with E-state index in [1.54, 1.807) is 36.5 Å². The fraction of sp³-hybridized carbons (Fsp3) is 0.300. The SMILES string of the molecule is CS(=O)(=O)Nc1ccc(/C=C/C(=O)Nc2ccc(N3CCCCC3)nc2)cc1. The van der Waals surface area contributed by atoms with Gasteiger partial charge in [0, 0.05) is 24.9 Å². The predicted octanol–water partition coefficient (Wildman–Crippen LogP) is 3.10. The number of hydrogen-bond acceptors (Lipinski definition) is 5. The molecule has 0 aliphatic carbocycles. The van der Waals surface area contributed by atoms with Crippen molar-refractivity contribution in [2.24, 2.45) is 0 Å². The van der Waals surface area contributed by atoms with Crippen LogP contribution in [0.15, 0.2) is 48.7 Å². The van der Waals surface area contributed by atoms with Crippen LogP contribution in [0.1, 0.15) is 24.8 Å². The van der Waals surface area contributed by atoms with E-state index in [0.29, 0.717) is 11.4 Å². The molecule has 0 bridgehead atoms. The van der Waals surface area contributed by atoms with Crippen molar-refractivity contribution in [1.82, 2.24) is 4.98 Å². The number of pyridine rings is 1. The van der Waals surface area contributed by atoms with Gasteiger partial charge >= 0.3 is 0 Å². The first-order valence-corrected chi connectivity index (χ1v) is 11.1. The molecule has 8 heteroatoms. The first-order chi connectivity index (χ1) is 13.4.